The van der Waals surface area contributed by atoms with Crippen LogP contribution in [0.3, 0.4) is 0 Å². The standard InChI is InChI=1S/C11H23N3O4S/c1-3-18-11(15)10-5-4-6-14(8-10)19(16,17)13-9(2)7-12/h9-10,13H,3-8,12H2,1-2H3/t9-,10?/m1/s1. The zero-order valence-corrected chi connectivity index (χ0v) is 12.3. The summed E-state index contributed by atoms with van der Waals surface area (Å²) in [5, 5.41) is 0. The molecule has 0 aromatic rings. The molecule has 0 saturated carbocycles. The van der Waals surface area contributed by atoms with Gasteiger partial charge in [-0.2, -0.15) is 17.4 Å². The molecule has 8 heteroatoms. The van der Waals surface area contributed by atoms with Gasteiger partial charge in [-0.15, -0.1) is 0 Å². The van der Waals surface area contributed by atoms with Crippen LogP contribution in [0.15, 0.2) is 0 Å². The Balaban J connectivity index is 2.66. The molecule has 3 N–H and O–H groups in total. The summed E-state index contributed by atoms with van der Waals surface area (Å²) in [7, 11) is -3.58. The molecule has 1 saturated heterocycles. The summed E-state index contributed by atoms with van der Waals surface area (Å²) in [6.07, 6.45) is 1.32. The van der Waals surface area contributed by atoms with Crippen molar-refractivity contribution in [1.29, 1.82) is 0 Å². The highest BCUT2D eigenvalue weighted by molar-refractivity contribution is 7.87. The van der Waals surface area contributed by atoms with Gasteiger partial charge in [-0.3, -0.25) is 4.79 Å². The van der Waals surface area contributed by atoms with Gasteiger partial charge < -0.3 is 10.5 Å². The van der Waals surface area contributed by atoms with Crippen LogP contribution in [0.5, 0.6) is 0 Å². The predicted molar refractivity (Wildman–Crippen MR) is 71.5 cm³/mol. The fourth-order valence-corrected chi connectivity index (χ4v) is 3.49. The zero-order chi connectivity index (χ0) is 14.5. The van der Waals surface area contributed by atoms with Crippen molar-refractivity contribution in [2.45, 2.75) is 32.7 Å². The van der Waals surface area contributed by atoms with E-state index in [0.717, 1.165) is 0 Å². The van der Waals surface area contributed by atoms with E-state index in [1.165, 1.54) is 4.31 Å². The number of nitrogens with zero attached hydrogens (tertiary/aromatic N) is 1. The molecule has 0 aliphatic carbocycles. The number of ether oxygens (including phenoxy) is 1. The van der Waals surface area contributed by atoms with Gasteiger partial charge in [0, 0.05) is 25.7 Å². The molecule has 2 atom stereocenters. The van der Waals surface area contributed by atoms with Gasteiger partial charge in [0.1, 0.15) is 0 Å². The zero-order valence-electron chi connectivity index (χ0n) is 11.5. The van der Waals surface area contributed by atoms with E-state index in [-0.39, 0.29) is 31.0 Å². The molecule has 1 fully saturated rings. The highest BCUT2D eigenvalue weighted by atomic mass is 32.2. The molecule has 7 nitrogen and oxygen atoms in total. The molecule has 0 amide bonds. The van der Waals surface area contributed by atoms with E-state index in [1.807, 2.05) is 0 Å². The van der Waals surface area contributed by atoms with E-state index in [4.69, 9.17) is 10.5 Å². The van der Waals surface area contributed by atoms with Gasteiger partial charge in [-0.25, -0.2) is 0 Å². The minimum Gasteiger partial charge on any atom is -0.466 e. The summed E-state index contributed by atoms with van der Waals surface area (Å²) in [5.74, 6) is -0.701. The van der Waals surface area contributed by atoms with Crippen LogP contribution in [0.2, 0.25) is 0 Å². The van der Waals surface area contributed by atoms with Gasteiger partial charge in [0.2, 0.25) is 0 Å². The second-order valence-electron chi connectivity index (χ2n) is 4.71. The van der Waals surface area contributed by atoms with Crippen LogP contribution >= 0.6 is 0 Å². The van der Waals surface area contributed by atoms with Crippen molar-refractivity contribution in [3.8, 4) is 0 Å². The Morgan fingerprint density at radius 3 is 2.84 bits per heavy atom. The van der Waals surface area contributed by atoms with E-state index in [2.05, 4.69) is 4.72 Å². The van der Waals surface area contributed by atoms with Gasteiger partial charge in [0.05, 0.1) is 12.5 Å². The van der Waals surface area contributed by atoms with E-state index < -0.39 is 10.2 Å². The Morgan fingerprint density at radius 2 is 2.26 bits per heavy atom. The van der Waals surface area contributed by atoms with Gasteiger partial charge >= 0.3 is 5.97 Å². The van der Waals surface area contributed by atoms with Gasteiger partial charge in [0.15, 0.2) is 0 Å². The Morgan fingerprint density at radius 1 is 1.58 bits per heavy atom. The summed E-state index contributed by atoms with van der Waals surface area (Å²) in [6, 6.07) is -0.326. The lowest BCUT2D eigenvalue weighted by Crippen LogP contribution is -2.51. The minimum absolute atomic E-state index is 0.172. The topological polar surface area (TPSA) is 102 Å². The number of nitrogens with one attached hydrogen (secondary N) is 1. The smallest absolute Gasteiger partial charge is 0.310 e. The highest BCUT2D eigenvalue weighted by Crippen LogP contribution is 2.20. The first-order chi connectivity index (χ1) is 8.90. The average Bonchev–Trinajstić information content (AvgIpc) is 2.38. The molecular formula is C11H23N3O4S. The molecule has 1 rings (SSSR count). The molecule has 1 unspecified atom stereocenters. The number of rotatable bonds is 6. The van der Waals surface area contributed by atoms with Crippen LogP contribution in [0, 0.1) is 5.92 Å². The largest absolute Gasteiger partial charge is 0.466 e. The van der Waals surface area contributed by atoms with Crippen molar-refractivity contribution in [2.75, 3.05) is 26.2 Å². The Bertz CT molecular complexity index is 399. The Kier molecular flexibility index (Phi) is 6.18. The Hall–Kier alpha value is -0.700. The van der Waals surface area contributed by atoms with Crippen LogP contribution in [0.4, 0.5) is 0 Å². The molecule has 1 heterocycles. The number of hydrogen-bond acceptors (Lipinski definition) is 5. The molecule has 1 aliphatic rings. The molecule has 19 heavy (non-hydrogen) atoms. The van der Waals surface area contributed by atoms with E-state index >= 15 is 0 Å². The normalized spacial score (nSPS) is 23.0. The number of piperidine rings is 1. The molecule has 1 aliphatic heterocycles. The van der Waals surface area contributed by atoms with E-state index in [1.54, 1.807) is 13.8 Å². The van der Waals surface area contributed by atoms with Gasteiger partial charge in [-0.1, -0.05) is 0 Å². The minimum atomic E-state index is -3.58. The van der Waals surface area contributed by atoms with Gasteiger partial charge in [0.25, 0.3) is 10.2 Å². The first kappa shape index (κ1) is 16.4. The lowest BCUT2D eigenvalue weighted by molar-refractivity contribution is -0.149. The first-order valence-corrected chi connectivity index (χ1v) is 7.98. The molecule has 0 aromatic heterocycles. The van der Waals surface area contributed by atoms with Gasteiger partial charge in [-0.05, 0) is 26.7 Å². The molecule has 0 spiro atoms. The summed E-state index contributed by atoms with van der Waals surface area (Å²) < 4.78 is 32.9. The van der Waals surface area contributed by atoms with Crippen LogP contribution in [0.1, 0.15) is 26.7 Å². The SMILES string of the molecule is CCOC(=O)C1CCCN(S(=O)(=O)N[C@H](C)CN)C1. The second-order valence-corrected chi connectivity index (χ2v) is 6.41. The van der Waals surface area contributed by atoms with Crippen molar-refractivity contribution >= 4 is 16.2 Å². The molecular weight excluding hydrogens is 270 g/mol. The summed E-state index contributed by atoms with van der Waals surface area (Å²) in [4.78, 5) is 11.7. The van der Waals surface area contributed by atoms with Crippen molar-refractivity contribution in [2.24, 2.45) is 11.7 Å². The van der Waals surface area contributed by atoms with Crippen molar-refractivity contribution in [3.63, 3.8) is 0 Å². The first-order valence-electron chi connectivity index (χ1n) is 6.54. The maximum atomic E-state index is 12.1. The fourth-order valence-electron chi connectivity index (χ4n) is 1.99. The monoisotopic (exact) mass is 293 g/mol. The lowest BCUT2D eigenvalue weighted by Gasteiger charge is -2.31. The number of hydrogen-bond donors (Lipinski definition) is 2. The maximum absolute atomic E-state index is 12.1. The quantitative estimate of drug-likeness (QED) is 0.639. The Labute approximate surface area is 114 Å². The lowest BCUT2D eigenvalue weighted by atomic mass is 10.0. The van der Waals surface area contributed by atoms with E-state index in [9.17, 15) is 13.2 Å². The number of carbonyl (C=O) groups is 1. The predicted octanol–water partition coefficient (Wildman–Crippen LogP) is -0.557. The molecule has 0 aromatic carbocycles. The van der Waals surface area contributed by atoms with Crippen molar-refractivity contribution < 1.29 is 17.9 Å². The molecule has 0 bridgehead atoms. The summed E-state index contributed by atoms with van der Waals surface area (Å²) in [6.45, 7) is 4.57. The summed E-state index contributed by atoms with van der Waals surface area (Å²) >= 11 is 0. The van der Waals surface area contributed by atoms with Crippen LogP contribution < -0.4 is 10.5 Å². The second kappa shape index (κ2) is 7.18. The maximum Gasteiger partial charge on any atom is 0.310 e. The van der Waals surface area contributed by atoms with Crippen molar-refractivity contribution in [1.82, 2.24) is 9.03 Å². The summed E-state index contributed by atoms with van der Waals surface area (Å²) in [5.41, 5.74) is 5.40. The highest BCUT2D eigenvalue weighted by Gasteiger charge is 2.33. The van der Waals surface area contributed by atoms with Crippen LogP contribution in [-0.2, 0) is 19.7 Å². The number of carbonyl (C=O) groups excluding carboxylic acids is 1. The molecule has 112 valence electrons. The third kappa shape index (κ3) is 4.72. The molecule has 0 radical (unpaired) electrons. The van der Waals surface area contributed by atoms with Crippen LogP contribution in [0.25, 0.3) is 0 Å². The van der Waals surface area contributed by atoms with E-state index in [0.29, 0.717) is 26.0 Å². The van der Waals surface area contributed by atoms with Crippen LogP contribution in [-0.4, -0.2) is 51.0 Å². The number of nitrogens with two attached hydrogens (primary N) is 1. The van der Waals surface area contributed by atoms with Crippen molar-refractivity contribution in [3.05, 3.63) is 0 Å². The fraction of sp³-hybridized carbons (Fsp3) is 0.909. The number of esters is 1. The average molecular weight is 293 g/mol. The third-order valence-corrected chi connectivity index (χ3v) is 4.76. The third-order valence-electron chi connectivity index (χ3n) is 3.05.